The molecule has 0 unspecified atom stereocenters. The van der Waals surface area contributed by atoms with Gasteiger partial charge in [-0.1, -0.05) is 121 Å². The van der Waals surface area contributed by atoms with Gasteiger partial charge in [0.1, 0.15) is 11.0 Å². The van der Waals surface area contributed by atoms with E-state index in [-0.39, 0.29) is 0 Å². The molecule has 2 aliphatic carbocycles. The predicted octanol–water partition coefficient (Wildman–Crippen LogP) is 15.8. The topological polar surface area (TPSA) is 61.9 Å². The molecule has 1 spiro atoms. The lowest BCUT2D eigenvalue weighted by atomic mass is 9.70. The standard InChI is InChI=1S/C63H36N4O2/c1-5-17-49-41(13-1)42-14-2-6-18-50(42)63(49)51-35-39(66-55-21-9-3-15-45(55)47-33-37(25-31-57(47)66)61-64-53-19-7-11-23-59(53)68-61)27-29-43(51)44-30-28-40(36-52(44)63)67-56-22-10-4-16-46(56)48-34-38(26-32-58(48)67)62-65-54-20-8-12-24-60(54)69-62/h1-36H. The Kier molecular flexibility index (Phi) is 7.18. The summed E-state index contributed by atoms with van der Waals surface area (Å²) in [5.41, 5.74) is 21.6. The van der Waals surface area contributed by atoms with Crippen molar-refractivity contribution in [2.24, 2.45) is 0 Å². The van der Waals surface area contributed by atoms with Crippen LogP contribution in [0.25, 0.3) is 122 Å². The minimum absolute atomic E-state index is 0.582. The van der Waals surface area contributed by atoms with Crippen LogP contribution in [-0.4, -0.2) is 19.1 Å². The normalized spacial score (nSPS) is 13.3. The molecule has 0 bridgehead atoms. The van der Waals surface area contributed by atoms with Crippen molar-refractivity contribution in [1.29, 1.82) is 0 Å². The molecule has 0 saturated heterocycles. The average Bonchev–Trinajstić information content (AvgIpc) is 4.26. The maximum absolute atomic E-state index is 6.28. The summed E-state index contributed by atoms with van der Waals surface area (Å²) < 4.78 is 17.4. The van der Waals surface area contributed by atoms with Crippen LogP contribution in [0.2, 0.25) is 0 Å². The Labute approximate surface area is 394 Å². The van der Waals surface area contributed by atoms with E-state index in [0.717, 1.165) is 77.5 Å². The molecule has 0 saturated carbocycles. The highest BCUT2D eigenvalue weighted by Gasteiger charge is 2.52. The molecule has 4 heterocycles. The summed E-state index contributed by atoms with van der Waals surface area (Å²) in [5.74, 6) is 1.24. The fraction of sp³-hybridized carbons (Fsp3) is 0.0159. The maximum atomic E-state index is 6.28. The van der Waals surface area contributed by atoms with Crippen molar-refractivity contribution in [3.8, 4) is 56.5 Å². The van der Waals surface area contributed by atoms with Crippen LogP contribution >= 0.6 is 0 Å². The number of rotatable bonds is 4. The number of oxazole rings is 2. The van der Waals surface area contributed by atoms with Gasteiger partial charge in [0.2, 0.25) is 11.8 Å². The molecule has 6 heteroatoms. The summed E-state index contributed by atoms with van der Waals surface area (Å²) in [6, 6.07) is 79.0. The number of fused-ring (bicyclic) bond motifs is 18. The zero-order valence-corrected chi connectivity index (χ0v) is 36.9. The van der Waals surface area contributed by atoms with Crippen LogP contribution in [0.4, 0.5) is 0 Å². The van der Waals surface area contributed by atoms with Crippen molar-refractivity contribution in [3.63, 3.8) is 0 Å². The Morgan fingerprint density at radius 2 is 0.725 bits per heavy atom. The molecular weight excluding hydrogens is 845 g/mol. The lowest BCUT2D eigenvalue weighted by Gasteiger charge is -2.31. The summed E-state index contributed by atoms with van der Waals surface area (Å²) in [6.07, 6.45) is 0. The molecule has 0 aliphatic heterocycles. The van der Waals surface area contributed by atoms with Gasteiger partial charge in [0.05, 0.1) is 27.5 Å². The number of hydrogen-bond donors (Lipinski definition) is 0. The van der Waals surface area contributed by atoms with Crippen LogP contribution in [0.1, 0.15) is 22.3 Å². The fourth-order valence-corrected chi connectivity index (χ4v) is 12.2. The van der Waals surface area contributed by atoms with E-state index in [2.05, 4.69) is 179 Å². The Balaban J connectivity index is 0.917. The summed E-state index contributed by atoms with van der Waals surface area (Å²) in [6.45, 7) is 0. The van der Waals surface area contributed by atoms with Gasteiger partial charge in [-0.15, -0.1) is 0 Å². The molecule has 4 aromatic heterocycles. The second-order valence-electron chi connectivity index (χ2n) is 18.4. The number of nitrogens with zero attached hydrogens (tertiary/aromatic N) is 4. The number of benzene rings is 10. The van der Waals surface area contributed by atoms with Gasteiger partial charge in [0, 0.05) is 44.0 Å². The molecule has 0 radical (unpaired) electrons. The smallest absolute Gasteiger partial charge is 0.227 e. The highest BCUT2D eigenvalue weighted by Crippen LogP contribution is 2.63. The van der Waals surface area contributed by atoms with Crippen molar-refractivity contribution in [2.45, 2.75) is 5.41 Å². The van der Waals surface area contributed by atoms with Gasteiger partial charge in [-0.05, 0) is 142 Å². The van der Waals surface area contributed by atoms with Gasteiger partial charge >= 0.3 is 0 Å². The second kappa shape index (κ2) is 13.4. The molecule has 10 aromatic carbocycles. The molecule has 0 N–H and O–H groups in total. The Hall–Kier alpha value is -9.26. The molecule has 2 aliphatic rings. The quantitative estimate of drug-likeness (QED) is 0.177. The molecule has 0 fully saturated rings. The van der Waals surface area contributed by atoms with Crippen LogP contribution in [-0.2, 0) is 5.41 Å². The minimum atomic E-state index is -0.582. The molecule has 0 amide bonds. The van der Waals surface area contributed by atoms with E-state index in [9.17, 15) is 0 Å². The van der Waals surface area contributed by atoms with E-state index in [4.69, 9.17) is 18.8 Å². The highest BCUT2D eigenvalue weighted by molar-refractivity contribution is 6.12. The predicted molar refractivity (Wildman–Crippen MR) is 277 cm³/mol. The lowest BCUT2D eigenvalue weighted by Crippen LogP contribution is -2.26. The van der Waals surface area contributed by atoms with Gasteiger partial charge in [-0.3, -0.25) is 0 Å². The molecular formula is C63H36N4O2. The third kappa shape index (κ3) is 4.89. The van der Waals surface area contributed by atoms with E-state index >= 15 is 0 Å². The Bertz CT molecular complexity index is 4170. The van der Waals surface area contributed by atoms with Crippen LogP contribution < -0.4 is 0 Å². The van der Waals surface area contributed by atoms with Crippen molar-refractivity contribution in [3.05, 3.63) is 241 Å². The molecule has 0 atom stereocenters. The molecule has 16 rings (SSSR count). The Morgan fingerprint density at radius 1 is 0.319 bits per heavy atom. The first-order chi connectivity index (χ1) is 34.2. The van der Waals surface area contributed by atoms with Crippen LogP contribution in [0.5, 0.6) is 0 Å². The summed E-state index contributed by atoms with van der Waals surface area (Å²) in [4.78, 5) is 9.73. The SMILES string of the molecule is c1ccc2c(c1)-c1ccccc1C21c2cc(-n3c4ccccc4c4cc(-c5nc6ccccc6o5)ccc43)ccc2-c2ccc(-n3c4ccccc4c4cc(-c5nc6ccccc6o5)ccc43)cc21. The molecule has 6 nitrogen and oxygen atoms in total. The summed E-state index contributed by atoms with van der Waals surface area (Å²) in [7, 11) is 0. The van der Waals surface area contributed by atoms with E-state index in [1.165, 1.54) is 55.3 Å². The third-order valence-electron chi connectivity index (χ3n) is 15.0. The van der Waals surface area contributed by atoms with Crippen molar-refractivity contribution >= 4 is 65.8 Å². The first-order valence-electron chi connectivity index (χ1n) is 23.5. The summed E-state index contributed by atoms with van der Waals surface area (Å²) in [5, 5.41) is 4.66. The van der Waals surface area contributed by atoms with Gasteiger partial charge in [-0.2, -0.15) is 0 Å². The maximum Gasteiger partial charge on any atom is 0.227 e. The molecule has 320 valence electrons. The average molecular weight is 881 g/mol. The minimum Gasteiger partial charge on any atom is -0.436 e. The van der Waals surface area contributed by atoms with Crippen molar-refractivity contribution < 1.29 is 8.83 Å². The van der Waals surface area contributed by atoms with E-state index < -0.39 is 5.41 Å². The van der Waals surface area contributed by atoms with Crippen molar-refractivity contribution in [1.82, 2.24) is 19.1 Å². The van der Waals surface area contributed by atoms with Crippen LogP contribution in [0.15, 0.2) is 227 Å². The third-order valence-corrected chi connectivity index (χ3v) is 15.0. The fourth-order valence-electron chi connectivity index (χ4n) is 12.2. The van der Waals surface area contributed by atoms with Gasteiger partial charge in [0.15, 0.2) is 11.2 Å². The van der Waals surface area contributed by atoms with E-state index in [1.54, 1.807) is 0 Å². The van der Waals surface area contributed by atoms with Crippen LogP contribution in [0.3, 0.4) is 0 Å². The number of aromatic nitrogens is 4. The number of hydrogen-bond acceptors (Lipinski definition) is 4. The van der Waals surface area contributed by atoms with Crippen LogP contribution in [0, 0.1) is 0 Å². The Morgan fingerprint density at radius 3 is 1.22 bits per heavy atom. The van der Waals surface area contributed by atoms with Gasteiger partial charge < -0.3 is 18.0 Å². The summed E-state index contributed by atoms with van der Waals surface area (Å²) >= 11 is 0. The lowest BCUT2D eigenvalue weighted by molar-refractivity contribution is 0.619. The highest BCUT2D eigenvalue weighted by atomic mass is 16.4. The van der Waals surface area contributed by atoms with E-state index in [0.29, 0.717) is 11.8 Å². The molecule has 14 aromatic rings. The second-order valence-corrected chi connectivity index (χ2v) is 18.4. The monoisotopic (exact) mass is 880 g/mol. The van der Waals surface area contributed by atoms with Gasteiger partial charge in [0.25, 0.3) is 0 Å². The largest absolute Gasteiger partial charge is 0.436 e. The van der Waals surface area contributed by atoms with E-state index in [1.807, 2.05) is 48.5 Å². The number of para-hydroxylation sites is 6. The van der Waals surface area contributed by atoms with Crippen molar-refractivity contribution in [2.75, 3.05) is 0 Å². The van der Waals surface area contributed by atoms with Gasteiger partial charge in [-0.25, -0.2) is 9.97 Å². The molecule has 69 heavy (non-hydrogen) atoms. The first kappa shape index (κ1) is 36.9. The zero-order chi connectivity index (χ0) is 45.0. The zero-order valence-electron chi connectivity index (χ0n) is 36.9. The first-order valence-corrected chi connectivity index (χ1v) is 23.5.